The van der Waals surface area contributed by atoms with Crippen LogP contribution in [-0.2, 0) is 4.74 Å². The first kappa shape index (κ1) is 13.4. The first-order chi connectivity index (χ1) is 9.70. The fourth-order valence-electron chi connectivity index (χ4n) is 3.22. The van der Waals surface area contributed by atoms with Gasteiger partial charge in [0.25, 0.3) is 0 Å². The molecular formula is C16H22N2O2. The molecule has 1 spiro atoms. The van der Waals surface area contributed by atoms with E-state index in [1.165, 1.54) is 0 Å². The molecule has 2 aliphatic heterocycles. The van der Waals surface area contributed by atoms with Crippen molar-refractivity contribution in [3.8, 4) is 0 Å². The van der Waals surface area contributed by atoms with Gasteiger partial charge in [0, 0.05) is 6.42 Å². The third-order valence-corrected chi connectivity index (χ3v) is 4.49. The van der Waals surface area contributed by atoms with Crippen LogP contribution in [0.5, 0.6) is 0 Å². The van der Waals surface area contributed by atoms with Crippen LogP contribution < -0.4 is 5.32 Å². The van der Waals surface area contributed by atoms with Gasteiger partial charge >= 0.3 is 6.09 Å². The molecule has 3 rings (SSSR count). The lowest BCUT2D eigenvalue weighted by Crippen LogP contribution is -2.36. The summed E-state index contributed by atoms with van der Waals surface area (Å²) in [4.78, 5) is 14.1. The molecule has 2 saturated heterocycles. The molecule has 2 aliphatic rings. The van der Waals surface area contributed by atoms with E-state index in [0.717, 1.165) is 37.9 Å². The zero-order chi connectivity index (χ0) is 14.0. The van der Waals surface area contributed by atoms with E-state index in [4.69, 9.17) is 4.74 Å². The third-order valence-electron chi connectivity index (χ3n) is 4.49. The van der Waals surface area contributed by atoms with Crippen LogP contribution in [-0.4, -0.2) is 36.2 Å². The highest BCUT2D eigenvalue weighted by atomic mass is 16.6. The number of hydrogen-bond acceptors (Lipinski definition) is 3. The van der Waals surface area contributed by atoms with Gasteiger partial charge in [0.05, 0.1) is 12.6 Å². The SMILES string of the molecule is C[C@@H](c1ccccc1)N1CC2(CCCNCC2)OC1=O. The summed E-state index contributed by atoms with van der Waals surface area (Å²) in [5.41, 5.74) is 0.886. The second-order valence-electron chi connectivity index (χ2n) is 5.87. The number of ether oxygens (including phenoxy) is 1. The smallest absolute Gasteiger partial charge is 0.411 e. The van der Waals surface area contributed by atoms with Gasteiger partial charge in [-0.15, -0.1) is 0 Å². The van der Waals surface area contributed by atoms with Gasteiger partial charge in [-0.25, -0.2) is 4.79 Å². The Hall–Kier alpha value is -1.55. The van der Waals surface area contributed by atoms with E-state index >= 15 is 0 Å². The van der Waals surface area contributed by atoms with Crippen molar-refractivity contribution in [2.75, 3.05) is 19.6 Å². The third kappa shape index (κ3) is 2.52. The number of benzene rings is 1. The van der Waals surface area contributed by atoms with Crippen LogP contribution in [0.4, 0.5) is 4.79 Å². The molecule has 2 heterocycles. The van der Waals surface area contributed by atoms with Crippen molar-refractivity contribution < 1.29 is 9.53 Å². The Morgan fingerprint density at radius 3 is 2.85 bits per heavy atom. The van der Waals surface area contributed by atoms with E-state index in [1.54, 1.807) is 0 Å². The Morgan fingerprint density at radius 2 is 2.05 bits per heavy atom. The zero-order valence-electron chi connectivity index (χ0n) is 12.0. The van der Waals surface area contributed by atoms with Crippen molar-refractivity contribution in [1.29, 1.82) is 0 Å². The summed E-state index contributed by atoms with van der Waals surface area (Å²) >= 11 is 0. The molecule has 1 unspecified atom stereocenters. The van der Waals surface area contributed by atoms with E-state index in [-0.39, 0.29) is 17.7 Å². The molecule has 0 aliphatic carbocycles. The number of amides is 1. The van der Waals surface area contributed by atoms with Crippen molar-refractivity contribution in [2.45, 2.75) is 37.8 Å². The van der Waals surface area contributed by atoms with Crippen LogP contribution in [0.2, 0.25) is 0 Å². The van der Waals surface area contributed by atoms with Crippen LogP contribution in [0.15, 0.2) is 30.3 Å². The number of hydrogen-bond donors (Lipinski definition) is 1. The Labute approximate surface area is 120 Å². The molecule has 20 heavy (non-hydrogen) atoms. The van der Waals surface area contributed by atoms with Crippen LogP contribution in [0.25, 0.3) is 0 Å². The molecule has 0 radical (unpaired) electrons. The van der Waals surface area contributed by atoms with E-state index in [9.17, 15) is 4.79 Å². The lowest BCUT2D eigenvalue weighted by atomic mass is 9.94. The van der Waals surface area contributed by atoms with Crippen LogP contribution >= 0.6 is 0 Å². The Kier molecular flexibility index (Phi) is 3.66. The summed E-state index contributed by atoms with van der Waals surface area (Å²) in [6.07, 6.45) is 2.78. The summed E-state index contributed by atoms with van der Waals surface area (Å²) in [5, 5.41) is 3.38. The maximum absolute atomic E-state index is 12.3. The maximum Gasteiger partial charge on any atom is 0.411 e. The van der Waals surface area contributed by atoms with Gasteiger partial charge in [0.1, 0.15) is 5.60 Å². The topological polar surface area (TPSA) is 41.6 Å². The van der Waals surface area contributed by atoms with Gasteiger partial charge in [-0.3, -0.25) is 4.90 Å². The Morgan fingerprint density at radius 1 is 1.25 bits per heavy atom. The van der Waals surface area contributed by atoms with Crippen LogP contribution in [0.3, 0.4) is 0 Å². The molecule has 1 amide bonds. The van der Waals surface area contributed by atoms with Gasteiger partial charge in [0.15, 0.2) is 0 Å². The van der Waals surface area contributed by atoms with Crippen molar-refractivity contribution in [2.24, 2.45) is 0 Å². The average molecular weight is 274 g/mol. The lowest BCUT2D eigenvalue weighted by Gasteiger charge is -2.26. The van der Waals surface area contributed by atoms with Gasteiger partial charge in [0.2, 0.25) is 0 Å². The highest BCUT2D eigenvalue weighted by Crippen LogP contribution is 2.36. The predicted octanol–water partition coefficient (Wildman–Crippen LogP) is 2.71. The molecule has 2 atom stereocenters. The van der Waals surface area contributed by atoms with Gasteiger partial charge in [-0.1, -0.05) is 30.3 Å². The minimum atomic E-state index is -0.274. The average Bonchev–Trinajstić information content (AvgIpc) is 2.64. The summed E-state index contributed by atoms with van der Waals surface area (Å²) in [6, 6.07) is 10.2. The van der Waals surface area contributed by atoms with Crippen LogP contribution in [0, 0.1) is 0 Å². The number of nitrogens with zero attached hydrogens (tertiary/aromatic N) is 1. The molecule has 1 N–H and O–H groups in total. The van der Waals surface area contributed by atoms with E-state index in [0.29, 0.717) is 6.54 Å². The quantitative estimate of drug-likeness (QED) is 0.901. The molecule has 0 bridgehead atoms. The van der Waals surface area contributed by atoms with Crippen molar-refractivity contribution in [1.82, 2.24) is 10.2 Å². The molecule has 2 fully saturated rings. The molecule has 108 valence electrons. The molecule has 0 saturated carbocycles. The minimum Gasteiger partial charge on any atom is -0.441 e. The van der Waals surface area contributed by atoms with E-state index in [1.807, 2.05) is 23.1 Å². The van der Waals surface area contributed by atoms with E-state index < -0.39 is 0 Å². The second-order valence-corrected chi connectivity index (χ2v) is 5.87. The molecule has 4 heteroatoms. The summed E-state index contributed by atoms with van der Waals surface area (Å²) < 4.78 is 5.77. The zero-order valence-corrected chi connectivity index (χ0v) is 12.0. The normalized spacial score (nSPS) is 28.2. The minimum absolute atomic E-state index is 0.0688. The first-order valence-corrected chi connectivity index (χ1v) is 7.45. The summed E-state index contributed by atoms with van der Waals surface area (Å²) in [5.74, 6) is 0. The standard InChI is InChI=1S/C16H22N2O2/c1-13(14-6-3-2-4-7-14)18-12-16(20-15(18)19)8-5-10-17-11-9-16/h2-4,6-7,13,17H,5,8-12H2,1H3/t13-,16?/m0/s1. The summed E-state index contributed by atoms with van der Waals surface area (Å²) in [7, 11) is 0. The highest BCUT2D eigenvalue weighted by molar-refractivity contribution is 5.71. The number of carbonyl (C=O) groups is 1. The predicted molar refractivity (Wildman–Crippen MR) is 77.5 cm³/mol. The van der Waals surface area contributed by atoms with Gasteiger partial charge in [-0.05, 0) is 38.4 Å². The molecule has 1 aromatic rings. The highest BCUT2D eigenvalue weighted by Gasteiger charge is 2.46. The first-order valence-electron chi connectivity index (χ1n) is 7.45. The fraction of sp³-hybridized carbons (Fsp3) is 0.562. The second kappa shape index (κ2) is 5.44. The molecule has 4 nitrogen and oxygen atoms in total. The number of rotatable bonds is 2. The largest absolute Gasteiger partial charge is 0.441 e. The monoisotopic (exact) mass is 274 g/mol. The molecular weight excluding hydrogens is 252 g/mol. The number of nitrogens with one attached hydrogen (secondary N) is 1. The van der Waals surface area contributed by atoms with Crippen molar-refractivity contribution in [3.63, 3.8) is 0 Å². The number of carbonyl (C=O) groups excluding carboxylic acids is 1. The van der Waals surface area contributed by atoms with Crippen molar-refractivity contribution >= 4 is 6.09 Å². The Bertz CT molecular complexity index is 467. The Balaban J connectivity index is 1.76. The molecule has 1 aromatic carbocycles. The molecule has 0 aromatic heterocycles. The van der Waals surface area contributed by atoms with Crippen LogP contribution in [0.1, 0.15) is 37.8 Å². The maximum atomic E-state index is 12.3. The van der Waals surface area contributed by atoms with Gasteiger partial charge < -0.3 is 10.1 Å². The fourth-order valence-corrected chi connectivity index (χ4v) is 3.22. The van der Waals surface area contributed by atoms with Crippen molar-refractivity contribution in [3.05, 3.63) is 35.9 Å². The lowest BCUT2D eigenvalue weighted by molar-refractivity contribution is 0.0469. The van der Waals surface area contributed by atoms with E-state index in [2.05, 4.69) is 24.4 Å². The van der Waals surface area contributed by atoms with Gasteiger partial charge in [-0.2, -0.15) is 0 Å². The summed E-state index contributed by atoms with van der Waals surface area (Å²) in [6.45, 7) is 4.74.